The normalized spacial score (nSPS) is 13.4. The molecule has 488 valence electrons. The summed E-state index contributed by atoms with van der Waals surface area (Å²) in [6, 6.07) is 0. The van der Waals surface area contributed by atoms with Crippen molar-refractivity contribution in [2.24, 2.45) is 23.7 Å². The summed E-state index contributed by atoms with van der Waals surface area (Å²) in [4.78, 5) is 0. The average Bonchev–Trinajstić information content (AvgIpc) is 3.37. The van der Waals surface area contributed by atoms with Gasteiger partial charge in [-0.3, -0.25) is 0 Å². The molecule has 4 atom stereocenters. The van der Waals surface area contributed by atoms with E-state index in [1.165, 1.54) is 180 Å². The van der Waals surface area contributed by atoms with Crippen molar-refractivity contribution < 1.29 is 51.9 Å². The predicted molar refractivity (Wildman–Crippen MR) is 345 cm³/mol. The first kappa shape index (κ1) is 90.3. The third kappa shape index (κ3) is 84.8. The van der Waals surface area contributed by atoms with Crippen LogP contribution in [0.4, 0.5) is 0 Å². The van der Waals surface area contributed by atoms with E-state index in [1.54, 1.807) is 0 Å². The van der Waals surface area contributed by atoms with Gasteiger partial charge in [0.05, 0.1) is 40.5 Å². The van der Waals surface area contributed by atoms with E-state index < -0.39 is 40.5 Å². The van der Waals surface area contributed by atoms with Crippen LogP contribution in [0.2, 0.25) is 0 Å². The first-order valence-electron chi connectivity index (χ1n) is 33.7. The zero-order valence-electron chi connectivity index (χ0n) is 54.1. The quantitative estimate of drug-likeness (QED) is 0.0315. The summed E-state index contributed by atoms with van der Waals surface area (Å²) in [7, 11) is -16.3. The van der Waals surface area contributed by atoms with Gasteiger partial charge in [0, 0.05) is 23.0 Å². The number of hydrogen-bond acceptors (Lipinski definition) is 12. The second-order valence-corrected chi connectivity index (χ2v) is 29.8. The molecule has 0 bridgehead atoms. The minimum Gasteiger partial charge on any atom is -0.748 e. The molecule has 12 nitrogen and oxygen atoms in total. The molecule has 81 heavy (non-hydrogen) atoms. The van der Waals surface area contributed by atoms with Gasteiger partial charge in [-0.25, -0.2) is 33.7 Å². The first-order valence-corrected chi connectivity index (χ1v) is 40.0. The van der Waals surface area contributed by atoms with E-state index in [4.69, 9.17) is 0 Å². The Hall–Kier alpha value is 0.562. The molecule has 0 rings (SSSR count). The number of hydrogen-bond donors (Lipinski definition) is 0. The third-order valence-electron chi connectivity index (χ3n) is 15.5. The molecule has 0 amide bonds. The number of unbranched alkanes of at least 4 members (excludes halogenated alkanes) is 32. The summed E-state index contributed by atoms with van der Waals surface area (Å²) in [5.41, 5.74) is 0. The second kappa shape index (κ2) is 65.0. The minimum absolute atomic E-state index is 0. The Morgan fingerprint density at radius 2 is 0.296 bits per heavy atom. The molecule has 0 radical (unpaired) electrons. The van der Waals surface area contributed by atoms with Crippen molar-refractivity contribution in [3.63, 3.8) is 0 Å². The van der Waals surface area contributed by atoms with Crippen molar-refractivity contribution in [3.05, 3.63) is 0 Å². The fourth-order valence-electron chi connectivity index (χ4n) is 10.7. The van der Waals surface area contributed by atoms with Crippen molar-refractivity contribution in [1.82, 2.24) is 0 Å². The van der Waals surface area contributed by atoms with Crippen LogP contribution in [-0.2, 0) is 40.5 Å². The van der Waals surface area contributed by atoms with Gasteiger partial charge >= 0.3 is 27.3 Å². The molecule has 0 aliphatic heterocycles. The molecule has 0 heterocycles. The standard InChI is InChI=1S/4C16H34O3S.Pb/c4*1-3-5-7-9-10-12-14-16(15-20(17,18)19)13-11-8-6-4-2;/h4*16H,3-15H2,1-2H3,(H,17,18,19);/q;;;;+4/p-4. The summed E-state index contributed by atoms with van der Waals surface area (Å²) in [6.45, 7) is 17.4. The molecule has 4 unspecified atom stereocenters. The van der Waals surface area contributed by atoms with Gasteiger partial charge < -0.3 is 18.2 Å². The van der Waals surface area contributed by atoms with Gasteiger partial charge in [-0.15, -0.1) is 0 Å². The maximum atomic E-state index is 10.9. The molecule has 17 heteroatoms. The average molecular weight is 1430 g/mol. The Labute approximate surface area is 526 Å². The predicted octanol–water partition coefficient (Wildman–Crippen LogP) is 19.1. The van der Waals surface area contributed by atoms with Crippen LogP contribution in [0.1, 0.15) is 364 Å². The molecule has 0 spiro atoms. The molecule has 0 aromatic carbocycles. The van der Waals surface area contributed by atoms with Gasteiger partial charge in [-0.05, 0) is 75.0 Å². The van der Waals surface area contributed by atoms with Gasteiger partial charge in [-0.2, -0.15) is 0 Å². The molecule has 0 aromatic rings. The SMILES string of the molecule is CCCCCCCCC(CCCCCC)CS(=O)(=O)[O-].CCCCCCCCC(CCCCCC)CS(=O)(=O)[O-].CCCCCCCCC(CCCCCC)CS(=O)(=O)[O-].CCCCCCCCC(CCCCCC)CS(=O)(=O)[O-].[Pb+4]. The Morgan fingerprint density at radius 1 is 0.198 bits per heavy atom. The van der Waals surface area contributed by atoms with E-state index in [1.807, 2.05) is 0 Å². The Morgan fingerprint density at radius 3 is 0.407 bits per heavy atom. The topological polar surface area (TPSA) is 229 Å². The fraction of sp³-hybridized carbons (Fsp3) is 1.00. The van der Waals surface area contributed by atoms with Crippen LogP contribution in [0.5, 0.6) is 0 Å². The van der Waals surface area contributed by atoms with Crippen molar-refractivity contribution >= 4 is 67.8 Å². The van der Waals surface area contributed by atoms with E-state index in [-0.39, 0.29) is 74.0 Å². The zero-order chi connectivity index (χ0) is 61.1. The Bertz CT molecular complexity index is 1450. The van der Waals surface area contributed by atoms with Gasteiger partial charge in [0.1, 0.15) is 0 Å². The molecule has 0 saturated heterocycles. The second-order valence-electron chi connectivity index (χ2n) is 24.0. The molecule has 0 aliphatic rings. The minimum atomic E-state index is -4.07. The molecule has 0 aliphatic carbocycles. The number of rotatable bonds is 56. The maximum Gasteiger partial charge on any atom is 4.00 e. The van der Waals surface area contributed by atoms with E-state index >= 15 is 0 Å². The third-order valence-corrected chi connectivity index (χ3v) is 19.0. The van der Waals surface area contributed by atoms with Crippen molar-refractivity contribution in [1.29, 1.82) is 0 Å². The van der Waals surface area contributed by atoms with Crippen LogP contribution < -0.4 is 0 Å². The van der Waals surface area contributed by atoms with E-state index in [2.05, 4.69) is 55.4 Å². The van der Waals surface area contributed by atoms with Crippen molar-refractivity contribution in [3.8, 4) is 0 Å². The largest absolute Gasteiger partial charge is 4.00 e. The molecular weight excluding hydrogens is 1300 g/mol. The Balaban J connectivity index is -0.000000316. The van der Waals surface area contributed by atoms with Crippen LogP contribution in [-0.4, -0.2) is 102 Å². The summed E-state index contributed by atoms with van der Waals surface area (Å²) in [5.74, 6) is -0.299. The molecular formula is C64H132O12PbS4. The molecule has 0 saturated carbocycles. The summed E-state index contributed by atoms with van der Waals surface area (Å²) < 4.78 is 131. The summed E-state index contributed by atoms with van der Waals surface area (Å²) in [5, 5.41) is 0. The first-order chi connectivity index (χ1) is 38.0. The van der Waals surface area contributed by atoms with Crippen LogP contribution in [0.15, 0.2) is 0 Å². The maximum absolute atomic E-state index is 10.9. The van der Waals surface area contributed by atoms with Crippen LogP contribution in [0.25, 0.3) is 0 Å². The van der Waals surface area contributed by atoms with E-state index in [9.17, 15) is 51.9 Å². The summed E-state index contributed by atoms with van der Waals surface area (Å²) in [6.07, 6.45) is 54.7. The van der Waals surface area contributed by atoms with E-state index in [0.717, 1.165) is 128 Å². The smallest absolute Gasteiger partial charge is 0.748 e. The fourth-order valence-corrected chi connectivity index (χ4v) is 14.3. The van der Waals surface area contributed by atoms with E-state index in [0.29, 0.717) is 0 Å². The zero-order valence-corrected chi connectivity index (χ0v) is 61.3. The van der Waals surface area contributed by atoms with Gasteiger partial charge in [-0.1, -0.05) is 312 Å². The van der Waals surface area contributed by atoms with Crippen molar-refractivity contribution in [2.45, 2.75) is 364 Å². The van der Waals surface area contributed by atoms with Gasteiger partial charge in [0.25, 0.3) is 0 Å². The molecule has 0 fully saturated rings. The van der Waals surface area contributed by atoms with Crippen molar-refractivity contribution in [2.75, 3.05) is 23.0 Å². The van der Waals surface area contributed by atoms with Crippen LogP contribution in [0.3, 0.4) is 0 Å². The molecule has 0 N–H and O–H groups in total. The summed E-state index contributed by atoms with van der Waals surface area (Å²) >= 11 is 0. The van der Waals surface area contributed by atoms with Gasteiger partial charge in [0.2, 0.25) is 0 Å². The Kier molecular flexibility index (Phi) is 72.5. The monoisotopic (exact) mass is 1430 g/mol. The molecule has 0 aromatic heterocycles. The van der Waals surface area contributed by atoms with Crippen LogP contribution >= 0.6 is 0 Å². The van der Waals surface area contributed by atoms with Crippen LogP contribution in [0, 0.1) is 23.7 Å². The van der Waals surface area contributed by atoms with Gasteiger partial charge in [0.15, 0.2) is 0 Å².